The number of halogens is 2. The summed E-state index contributed by atoms with van der Waals surface area (Å²) in [6.07, 6.45) is 0.833. The summed E-state index contributed by atoms with van der Waals surface area (Å²) in [5.41, 5.74) is -2.52. The Morgan fingerprint density at radius 1 is 1.00 bits per heavy atom. The fraction of sp³-hybridized carbons (Fsp3) is 0.273. The molecule has 0 fully saturated rings. The van der Waals surface area contributed by atoms with E-state index in [1.54, 1.807) is 34.6 Å². The molecule has 50 heavy (non-hydrogen) atoms. The van der Waals surface area contributed by atoms with Gasteiger partial charge in [-0.05, 0) is 49.7 Å². The summed E-state index contributed by atoms with van der Waals surface area (Å²) >= 11 is 0. The second kappa shape index (κ2) is 14.0. The maximum atomic E-state index is 15.1. The van der Waals surface area contributed by atoms with E-state index in [1.165, 1.54) is 48.1 Å². The Balaban J connectivity index is 1.51. The van der Waals surface area contributed by atoms with Crippen LogP contribution in [0, 0.1) is 30.9 Å². The second-order valence-corrected chi connectivity index (χ2v) is 14.1. The summed E-state index contributed by atoms with van der Waals surface area (Å²) in [5.74, 6) is -5.93. The van der Waals surface area contributed by atoms with Crippen LogP contribution >= 0.6 is 0 Å². The second-order valence-electron chi connectivity index (χ2n) is 12.4. The van der Waals surface area contributed by atoms with E-state index in [4.69, 9.17) is 0 Å². The first-order valence-electron chi connectivity index (χ1n) is 14.9. The van der Waals surface area contributed by atoms with Gasteiger partial charge in [0.15, 0.2) is 0 Å². The van der Waals surface area contributed by atoms with Crippen LogP contribution in [0.3, 0.4) is 0 Å². The van der Waals surface area contributed by atoms with E-state index in [1.807, 2.05) is 4.72 Å². The summed E-state index contributed by atoms with van der Waals surface area (Å²) in [5, 5.41) is 14.4. The number of hydrogen-bond donors (Lipinski definition) is 4. The first-order chi connectivity index (χ1) is 23.2. The van der Waals surface area contributed by atoms with Gasteiger partial charge in [0.25, 0.3) is 21.5 Å². The molecule has 0 unspecified atom stereocenters. The minimum absolute atomic E-state index is 0.0216. The molecule has 0 saturated carbocycles. The van der Waals surface area contributed by atoms with Gasteiger partial charge in [-0.2, -0.15) is 0 Å². The maximum absolute atomic E-state index is 15.1. The van der Waals surface area contributed by atoms with Crippen molar-refractivity contribution in [1.29, 1.82) is 0 Å². The van der Waals surface area contributed by atoms with E-state index in [0.717, 1.165) is 10.6 Å². The lowest BCUT2D eigenvalue weighted by Gasteiger charge is -2.18. The number of amides is 2. The number of carboxylic acid groups (broad SMARTS) is 1. The number of sulfonamides is 1. The highest BCUT2D eigenvalue weighted by molar-refractivity contribution is 7.92. The van der Waals surface area contributed by atoms with Crippen molar-refractivity contribution in [2.45, 2.75) is 52.0 Å². The lowest BCUT2D eigenvalue weighted by Crippen LogP contribution is -2.42. The lowest BCUT2D eigenvalue weighted by molar-refractivity contribution is -0.139. The van der Waals surface area contributed by atoms with Gasteiger partial charge in [-0.15, -0.1) is 0 Å². The number of carboxylic acids is 1. The van der Waals surface area contributed by atoms with Crippen LogP contribution in [0.5, 0.6) is 0 Å². The van der Waals surface area contributed by atoms with Gasteiger partial charge in [-0.3, -0.25) is 19.1 Å². The van der Waals surface area contributed by atoms with Gasteiger partial charge in [-0.1, -0.05) is 32.9 Å². The van der Waals surface area contributed by atoms with Crippen LogP contribution in [0.15, 0.2) is 69.2 Å². The maximum Gasteiger partial charge on any atom is 0.336 e. The molecule has 0 aliphatic heterocycles. The van der Waals surface area contributed by atoms with Gasteiger partial charge in [0, 0.05) is 48.1 Å². The van der Waals surface area contributed by atoms with Crippen LogP contribution in [0.1, 0.15) is 48.0 Å². The number of pyridine rings is 1. The number of hydrogen-bond acceptors (Lipinski definition) is 8. The van der Waals surface area contributed by atoms with Gasteiger partial charge >= 0.3 is 11.7 Å². The van der Waals surface area contributed by atoms with Crippen molar-refractivity contribution in [1.82, 2.24) is 19.4 Å². The molecule has 2 aromatic heterocycles. The smallest absolute Gasteiger partial charge is 0.336 e. The molecule has 14 nitrogen and oxygen atoms in total. The third-order valence-electron chi connectivity index (χ3n) is 7.76. The average molecular weight is 713 g/mol. The minimum Gasteiger partial charge on any atom is -0.480 e. The highest BCUT2D eigenvalue weighted by Crippen LogP contribution is 2.25. The molecule has 2 aromatic carbocycles. The highest BCUT2D eigenvalue weighted by atomic mass is 32.2. The summed E-state index contributed by atoms with van der Waals surface area (Å²) in [7, 11) is -3.01. The molecule has 1 atom stereocenters. The predicted octanol–water partition coefficient (Wildman–Crippen LogP) is 3.04. The molecule has 0 saturated heterocycles. The summed E-state index contributed by atoms with van der Waals surface area (Å²) in [4.78, 5) is 66.4. The fourth-order valence-corrected chi connectivity index (χ4v) is 5.66. The van der Waals surface area contributed by atoms with Gasteiger partial charge in [0.2, 0.25) is 5.91 Å². The van der Waals surface area contributed by atoms with E-state index in [-0.39, 0.29) is 34.3 Å². The SMILES string of the molecule is Cc1c(C)n(C)c(=O)n(-c2ccc(C[C@H](NC(=O)c3cc(F)c(NS(=O)(=O)c4cccc(NC(=O)C(C)(C)C)c4)cc3F)C(=O)O)cn2)c1=O. The zero-order chi connectivity index (χ0) is 37.3. The van der Waals surface area contributed by atoms with Crippen LogP contribution in [0.4, 0.5) is 20.2 Å². The number of aliphatic carboxylic acids is 1. The molecule has 0 aliphatic rings. The highest BCUT2D eigenvalue weighted by Gasteiger charge is 2.26. The van der Waals surface area contributed by atoms with Crippen LogP contribution in [-0.4, -0.2) is 51.5 Å². The van der Waals surface area contributed by atoms with E-state index in [9.17, 15) is 37.5 Å². The third-order valence-corrected chi connectivity index (χ3v) is 9.12. The Bertz CT molecular complexity index is 2210. The van der Waals surface area contributed by atoms with E-state index >= 15 is 8.78 Å². The molecular weight excluding hydrogens is 678 g/mol. The van der Waals surface area contributed by atoms with Gasteiger partial charge in [0.1, 0.15) is 23.5 Å². The van der Waals surface area contributed by atoms with Crippen molar-refractivity contribution in [3.05, 3.63) is 110 Å². The zero-order valence-electron chi connectivity index (χ0n) is 27.8. The Labute approximate surface area is 284 Å². The van der Waals surface area contributed by atoms with Crippen molar-refractivity contribution in [2.75, 3.05) is 10.0 Å². The van der Waals surface area contributed by atoms with Crippen molar-refractivity contribution in [3.8, 4) is 5.82 Å². The molecular formula is C33H34F2N6O8S. The number of benzene rings is 2. The monoisotopic (exact) mass is 712 g/mol. The van der Waals surface area contributed by atoms with Gasteiger partial charge < -0.3 is 20.3 Å². The van der Waals surface area contributed by atoms with Crippen LogP contribution in [0.2, 0.25) is 0 Å². The number of aromatic nitrogens is 3. The van der Waals surface area contributed by atoms with Crippen molar-refractivity contribution in [3.63, 3.8) is 0 Å². The number of nitrogens with one attached hydrogen (secondary N) is 3. The topological polar surface area (TPSA) is 199 Å². The lowest BCUT2D eigenvalue weighted by atomic mass is 9.95. The molecule has 17 heteroatoms. The number of rotatable bonds is 10. The summed E-state index contributed by atoms with van der Waals surface area (Å²) in [6.45, 7) is 8.16. The third kappa shape index (κ3) is 7.94. The molecule has 2 amide bonds. The molecule has 0 spiro atoms. The minimum atomic E-state index is -4.51. The molecule has 2 heterocycles. The molecule has 4 rings (SSSR count). The van der Waals surface area contributed by atoms with Crippen molar-refractivity contribution >= 4 is 39.2 Å². The molecule has 0 aliphatic carbocycles. The van der Waals surface area contributed by atoms with E-state index in [2.05, 4.69) is 15.6 Å². The first-order valence-corrected chi connectivity index (χ1v) is 16.4. The Morgan fingerprint density at radius 2 is 1.68 bits per heavy atom. The van der Waals surface area contributed by atoms with E-state index in [0.29, 0.717) is 23.4 Å². The fourth-order valence-electron chi connectivity index (χ4n) is 4.56. The van der Waals surface area contributed by atoms with Gasteiger partial charge in [0.05, 0.1) is 16.1 Å². The molecule has 0 bridgehead atoms. The first kappa shape index (κ1) is 37.1. The summed E-state index contributed by atoms with van der Waals surface area (Å²) in [6, 6.07) is 7.00. The Morgan fingerprint density at radius 3 is 2.28 bits per heavy atom. The Hall–Kier alpha value is -5.71. The molecule has 4 N–H and O–H groups in total. The molecule has 264 valence electrons. The standard InChI is InChI=1S/C33H34F2N6O8S/c1-17-18(2)40(6)32(47)41(29(17)43)27-11-10-19(16-36-27)12-26(30(44)45)38-28(42)22-14-24(35)25(15-23(22)34)39-50(48,49)21-9-7-8-20(13-21)37-31(46)33(3,4)5/h7-11,13-16,26,39H,12H2,1-6H3,(H,37,46)(H,38,42)(H,44,45)/t26-/m0/s1. The normalized spacial score (nSPS) is 12.2. The van der Waals surface area contributed by atoms with Crippen LogP contribution < -0.4 is 26.6 Å². The number of carbonyl (C=O) groups is 3. The number of nitrogens with zero attached hydrogens (tertiary/aromatic N) is 3. The number of carbonyl (C=O) groups excluding carboxylic acids is 2. The summed E-state index contributed by atoms with van der Waals surface area (Å²) < 4.78 is 60.2. The van der Waals surface area contributed by atoms with Crippen LogP contribution in [-0.2, 0) is 33.1 Å². The molecule has 0 radical (unpaired) electrons. The van der Waals surface area contributed by atoms with Gasteiger partial charge in [-0.25, -0.2) is 36.3 Å². The average Bonchev–Trinajstić information content (AvgIpc) is 3.04. The largest absolute Gasteiger partial charge is 0.480 e. The quantitative estimate of drug-likeness (QED) is 0.191. The predicted molar refractivity (Wildman–Crippen MR) is 179 cm³/mol. The van der Waals surface area contributed by atoms with E-state index < -0.39 is 67.5 Å². The zero-order valence-corrected chi connectivity index (χ0v) is 28.6. The Kier molecular flexibility index (Phi) is 10.4. The van der Waals surface area contributed by atoms with Crippen LogP contribution in [0.25, 0.3) is 5.82 Å². The van der Waals surface area contributed by atoms with Crippen molar-refractivity contribution < 1.29 is 36.7 Å². The number of anilines is 2. The molecule has 4 aromatic rings. The van der Waals surface area contributed by atoms with Crippen molar-refractivity contribution in [2.24, 2.45) is 12.5 Å².